The predicted molar refractivity (Wildman–Crippen MR) is 106 cm³/mol. The average molecular weight is 347 g/mol. The van der Waals surface area contributed by atoms with Crippen molar-refractivity contribution in [3.05, 3.63) is 23.3 Å². The summed E-state index contributed by atoms with van der Waals surface area (Å²) in [5.41, 5.74) is 3.03. The molecule has 0 saturated heterocycles. The van der Waals surface area contributed by atoms with Crippen LogP contribution < -0.4 is 0 Å². The van der Waals surface area contributed by atoms with Crippen LogP contribution in [0.5, 0.6) is 11.5 Å². The van der Waals surface area contributed by atoms with Crippen molar-refractivity contribution in [1.82, 2.24) is 0 Å². The lowest BCUT2D eigenvalue weighted by Crippen LogP contribution is -2.04. The zero-order valence-corrected chi connectivity index (χ0v) is 16.8. The predicted octanol–water partition coefficient (Wildman–Crippen LogP) is 6.76. The summed E-state index contributed by atoms with van der Waals surface area (Å²) in [6, 6.07) is 3.58. The lowest BCUT2D eigenvalue weighted by molar-refractivity contribution is 0.358. The molecule has 1 aromatic rings. The van der Waals surface area contributed by atoms with Crippen molar-refractivity contribution in [2.75, 3.05) is 0 Å². The first-order valence-corrected chi connectivity index (χ1v) is 10.2. The molecule has 0 bridgehead atoms. The van der Waals surface area contributed by atoms with Gasteiger partial charge in [0.15, 0.2) is 0 Å². The van der Waals surface area contributed by atoms with Crippen LogP contribution >= 0.6 is 0 Å². The molecule has 1 aromatic carbocycles. The molecule has 0 spiro atoms. The van der Waals surface area contributed by atoms with Crippen molar-refractivity contribution in [1.29, 1.82) is 0 Å². The fourth-order valence-electron chi connectivity index (χ4n) is 3.55. The van der Waals surface area contributed by atoms with Crippen LogP contribution in [0.1, 0.15) is 96.6 Å². The monoisotopic (exact) mass is 346 g/mol. The molecule has 142 valence electrons. The van der Waals surface area contributed by atoms with Gasteiger partial charge in [0.1, 0.15) is 11.5 Å². The summed E-state index contributed by atoms with van der Waals surface area (Å²) in [4.78, 5) is 0. The van der Waals surface area contributed by atoms with E-state index in [0.29, 0.717) is 10.8 Å². The number of phenolic OH excluding ortho intramolecular Hbond substituents is 2. The molecule has 0 heterocycles. The standard InChI is InChI=1S/C23H38O2/c1-22(2,3)12-8-5-6-10-18-16-19(21(25)17-20(18)24)11-7-9-13-23(4)14-15-23/h16-17,24-25H,5-15H2,1-4H3. The molecule has 1 saturated carbocycles. The van der Waals surface area contributed by atoms with Crippen LogP contribution in [0.4, 0.5) is 0 Å². The molecule has 0 amide bonds. The molecule has 0 atom stereocenters. The quantitative estimate of drug-likeness (QED) is 0.459. The maximum absolute atomic E-state index is 10.1. The number of hydrogen-bond acceptors (Lipinski definition) is 2. The van der Waals surface area contributed by atoms with E-state index in [-0.39, 0.29) is 11.5 Å². The Kier molecular flexibility index (Phi) is 6.82. The van der Waals surface area contributed by atoms with Crippen molar-refractivity contribution in [2.45, 2.75) is 98.3 Å². The molecule has 2 rings (SSSR count). The van der Waals surface area contributed by atoms with Gasteiger partial charge in [-0.3, -0.25) is 0 Å². The number of unbranched alkanes of at least 4 members (excludes halogenated alkanes) is 3. The highest BCUT2D eigenvalue weighted by atomic mass is 16.3. The van der Waals surface area contributed by atoms with E-state index < -0.39 is 0 Å². The highest BCUT2D eigenvalue weighted by molar-refractivity contribution is 5.45. The van der Waals surface area contributed by atoms with Gasteiger partial charge in [-0.25, -0.2) is 0 Å². The zero-order chi connectivity index (χ0) is 18.5. The van der Waals surface area contributed by atoms with Gasteiger partial charge in [0.25, 0.3) is 0 Å². The maximum Gasteiger partial charge on any atom is 0.122 e. The van der Waals surface area contributed by atoms with Gasteiger partial charge in [-0.15, -0.1) is 0 Å². The minimum Gasteiger partial charge on any atom is -0.508 e. The molecule has 0 unspecified atom stereocenters. The van der Waals surface area contributed by atoms with E-state index in [1.807, 2.05) is 6.07 Å². The molecule has 0 radical (unpaired) electrons. The summed E-state index contributed by atoms with van der Waals surface area (Å²) in [6.07, 6.45) is 13.1. The van der Waals surface area contributed by atoms with Gasteiger partial charge in [0, 0.05) is 6.07 Å². The normalized spacial score (nSPS) is 16.2. The molecule has 25 heavy (non-hydrogen) atoms. The Hall–Kier alpha value is -1.18. The molecular weight excluding hydrogens is 308 g/mol. The summed E-state index contributed by atoms with van der Waals surface area (Å²) in [5.74, 6) is 0.508. The second-order valence-corrected chi connectivity index (χ2v) is 9.75. The summed E-state index contributed by atoms with van der Waals surface area (Å²) < 4.78 is 0. The fraction of sp³-hybridized carbons (Fsp3) is 0.739. The van der Waals surface area contributed by atoms with Crippen molar-refractivity contribution in [3.63, 3.8) is 0 Å². The second kappa shape index (κ2) is 8.47. The third-order valence-corrected chi connectivity index (χ3v) is 5.73. The van der Waals surface area contributed by atoms with E-state index in [1.165, 1.54) is 44.9 Å². The molecular formula is C23H38O2. The minimum absolute atomic E-state index is 0.252. The van der Waals surface area contributed by atoms with Gasteiger partial charge in [-0.1, -0.05) is 47.0 Å². The van der Waals surface area contributed by atoms with Crippen LogP contribution in [-0.2, 0) is 12.8 Å². The summed E-state index contributed by atoms with van der Waals surface area (Å²) in [5, 5.41) is 20.3. The van der Waals surface area contributed by atoms with Gasteiger partial charge in [-0.2, -0.15) is 0 Å². The van der Waals surface area contributed by atoms with Crippen LogP contribution in [-0.4, -0.2) is 10.2 Å². The minimum atomic E-state index is 0.252. The molecule has 1 fully saturated rings. The summed E-state index contributed by atoms with van der Waals surface area (Å²) in [7, 11) is 0. The van der Waals surface area contributed by atoms with Crippen LogP contribution in [0.3, 0.4) is 0 Å². The van der Waals surface area contributed by atoms with E-state index in [0.717, 1.165) is 36.8 Å². The third-order valence-electron chi connectivity index (χ3n) is 5.73. The van der Waals surface area contributed by atoms with E-state index in [9.17, 15) is 10.2 Å². The van der Waals surface area contributed by atoms with Gasteiger partial charge < -0.3 is 10.2 Å². The topological polar surface area (TPSA) is 40.5 Å². The van der Waals surface area contributed by atoms with Crippen LogP contribution in [0.25, 0.3) is 0 Å². The molecule has 1 aliphatic carbocycles. The Morgan fingerprint density at radius 3 is 1.92 bits per heavy atom. The highest BCUT2D eigenvalue weighted by Crippen LogP contribution is 2.49. The number of aryl methyl sites for hydroxylation is 2. The molecule has 0 aliphatic heterocycles. The highest BCUT2D eigenvalue weighted by Gasteiger charge is 2.35. The number of benzene rings is 1. The van der Waals surface area contributed by atoms with Crippen LogP contribution in [0.2, 0.25) is 0 Å². The number of hydrogen-bond donors (Lipinski definition) is 2. The fourth-order valence-corrected chi connectivity index (χ4v) is 3.55. The Balaban J connectivity index is 1.77. The molecule has 2 N–H and O–H groups in total. The first kappa shape index (κ1) is 20.1. The molecule has 1 aliphatic rings. The largest absolute Gasteiger partial charge is 0.508 e. The van der Waals surface area contributed by atoms with E-state index in [1.54, 1.807) is 6.07 Å². The van der Waals surface area contributed by atoms with Gasteiger partial charge in [0.05, 0.1) is 0 Å². The van der Waals surface area contributed by atoms with Crippen molar-refractivity contribution >= 4 is 0 Å². The van der Waals surface area contributed by atoms with Gasteiger partial charge >= 0.3 is 0 Å². The van der Waals surface area contributed by atoms with Crippen LogP contribution in [0.15, 0.2) is 12.1 Å². The maximum atomic E-state index is 10.1. The van der Waals surface area contributed by atoms with Gasteiger partial charge in [-0.05, 0) is 79.4 Å². The SMILES string of the molecule is CC(C)(C)CCCCCc1cc(CCCCC2(C)CC2)c(O)cc1O. The number of rotatable bonds is 10. The Bertz CT molecular complexity index is 550. The Labute approximate surface area is 154 Å². The Morgan fingerprint density at radius 1 is 0.840 bits per heavy atom. The second-order valence-electron chi connectivity index (χ2n) is 9.75. The zero-order valence-electron chi connectivity index (χ0n) is 16.8. The van der Waals surface area contributed by atoms with Crippen molar-refractivity contribution in [3.8, 4) is 11.5 Å². The van der Waals surface area contributed by atoms with E-state index in [4.69, 9.17) is 0 Å². The first-order valence-electron chi connectivity index (χ1n) is 10.2. The lowest BCUT2D eigenvalue weighted by atomic mass is 9.89. The summed E-state index contributed by atoms with van der Waals surface area (Å²) in [6.45, 7) is 9.24. The lowest BCUT2D eigenvalue weighted by Gasteiger charge is -2.17. The number of phenols is 2. The average Bonchev–Trinajstić information content (AvgIpc) is 3.23. The van der Waals surface area contributed by atoms with Crippen LogP contribution in [0, 0.1) is 10.8 Å². The van der Waals surface area contributed by atoms with Crippen molar-refractivity contribution in [2.24, 2.45) is 10.8 Å². The smallest absolute Gasteiger partial charge is 0.122 e. The molecule has 2 heteroatoms. The molecule has 2 nitrogen and oxygen atoms in total. The summed E-state index contributed by atoms with van der Waals surface area (Å²) >= 11 is 0. The number of aromatic hydroxyl groups is 2. The first-order chi connectivity index (χ1) is 11.7. The third kappa shape index (κ3) is 7.30. The van der Waals surface area contributed by atoms with E-state index in [2.05, 4.69) is 27.7 Å². The Morgan fingerprint density at radius 2 is 1.40 bits per heavy atom. The van der Waals surface area contributed by atoms with Gasteiger partial charge in [0.2, 0.25) is 0 Å². The van der Waals surface area contributed by atoms with Crippen molar-refractivity contribution < 1.29 is 10.2 Å². The molecule has 0 aromatic heterocycles. The van der Waals surface area contributed by atoms with E-state index >= 15 is 0 Å².